The van der Waals surface area contributed by atoms with Gasteiger partial charge in [-0.05, 0) is 51.4 Å². The second-order valence-corrected chi connectivity index (χ2v) is 10.2. The summed E-state index contributed by atoms with van der Waals surface area (Å²) in [6, 6.07) is 0. The molecule has 0 spiro atoms. The Morgan fingerprint density at radius 2 is 0.484 bits per heavy atom. The van der Waals surface area contributed by atoms with Crippen LogP contribution in [0.3, 0.4) is 0 Å². The quantitative estimate of drug-likeness (QED) is 0.102. The van der Waals surface area contributed by atoms with Crippen molar-refractivity contribution in [3.63, 3.8) is 0 Å². The maximum atomic E-state index is 2.36. The van der Waals surface area contributed by atoms with Crippen molar-refractivity contribution in [2.24, 2.45) is 0 Å². The van der Waals surface area contributed by atoms with E-state index < -0.39 is 0 Å². The van der Waals surface area contributed by atoms with Crippen LogP contribution in [0.4, 0.5) is 0 Å². The van der Waals surface area contributed by atoms with Gasteiger partial charge in [0.15, 0.2) is 0 Å². The van der Waals surface area contributed by atoms with Crippen LogP contribution >= 0.6 is 0 Å². The van der Waals surface area contributed by atoms with Gasteiger partial charge in [-0.15, -0.1) is 0 Å². The molecule has 0 aromatic rings. The van der Waals surface area contributed by atoms with Crippen LogP contribution in [0.25, 0.3) is 0 Å². The number of rotatable bonds is 25. The summed E-state index contributed by atoms with van der Waals surface area (Å²) in [5.41, 5.74) is 0. The summed E-state index contributed by atoms with van der Waals surface area (Å²) >= 11 is 0. The van der Waals surface area contributed by atoms with Crippen molar-refractivity contribution in [1.82, 2.24) is 0 Å². The zero-order valence-electron chi connectivity index (χ0n) is 22.6. The van der Waals surface area contributed by atoms with Crippen LogP contribution in [-0.4, -0.2) is 36.1 Å². The fourth-order valence-corrected chi connectivity index (χ4v) is 5.05. The molecule has 0 rings (SSSR count). The monoisotopic (exact) mass is 441 g/mol. The number of nitrogens with zero attached hydrogens (tertiary/aromatic N) is 1. The molecule has 0 bridgehead atoms. The number of hydrogen-bond donors (Lipinski definition) is 0. The average molecular weight is 442 g/mol. The van der Waals surface area contributed by atoms with E-state index in [0.717, 1.165) is 0 Å². The number of quaternary nitrogens is 1. The third-order valence-corrected chi connectivity index (χ3v) is 7.19. The van der Waals surface area contributed by atoms with E-state index in [2.05, 4.69) is 27.7 Å². The van der Waals surface area contributed by atoms with Crippen molar-refractivity contribution in [3.05, 3.63) is 0 Å². The molecule has 0 aliphatic carbocycles. The van der Waals surface area contributed by atoms with Crippen molar-refractivity contribution in [2.45, 2.75) is 163 Å². The first-order valence-corrected chi connectivity index (χ1v) is 14.6. The first-order chi connectivity index (χ1) is 14.7. The van der Waals surface area contributed by atoms with Gasteiger partial charge in [-0.1, -0.05) is 111 Å². The molecule has 190 valence electrons. The Kier molecular flexibility index (Phi) is 27.9. The van der Waals surface area contributed by atoms with Crippen LogP contribution in [0.1, 0.15) is 163 Å². The van der Waals surface area contributed by atoms with Crippen molar-refractivity contribution < 1.29 is 9.96 Å². The first kappa shape index (κ1) is 33.1. The van der Waals surface area contributed by atoms with Gasteiger partial charge in [-0.2, -0.15) is 0 Å². The van der Waals surface area contributed by atoms with Crippen LogP contribution < -0.4 is 0 Å². The molecule has 2 heteroatoms. The molecule has 0 saturated heterocycles. The Labute approximate surface area is 198 Å². The largest absolute Gasteiger partial charge is 0.870 e. The highest BCUT2D eigenvalue weighted by molar-refractivity contribution is 4.54. The molecule has 0 amide bonds. The van der Waals surface area contributed by atoms with Gasteiger partial charge in [-0.3, -0.25) is 0 Å². The first-order valence-electron chi connectivity index (χ1n) is 14.6. The lowest BCUT2D eigenvalue weighted by Crippen LogP contribution is -2.50. The van der Waals surface area contributed by atoms with Crippen molar-refractivity contribution in [1.29, 1.82) is 0 Å². The Morgan fingerprint density at radius 1 is 0.290 bits per heavy atom. The Balaban J connectivity index is 0. The summed E-state index contributed by atoms with van der Waals surface area (Å²) in [5.74, 6) is 0. The van der Waals surface area contributed by atoms with Crippen LogP contribution in [0.15, 0.2) is 0 Å². The van der Waals surface area contributed by atoms with Crippen molar-refractivity contribution in [2.75, 3.05) is 26.2 Å². The Bertz CT molecular complexity index is 277. The van der Waals surface area contributed by atoms with Crippen LogP contribution in [0, 0.1) is 0 Å². The molecule has 2 nitrogen and oxygen atoms in total. The molecule has 0 fully saturated rings. The standard InChI is InChI=1S/C29H62N.H2O/c1-5-9-13-16-19-23-27-30(26-22-12-8-4,28-24-20-17-14-10-6-2)29-25-21-18-15-11-7-3;/h5-29H2,1-4H3;1H2/q+1;/p-1. The highest BCUT2D eigenvalue weighted by Gasteiger charge is 2.25. The second-order valence-electron chi connectivity index (χ2n) is 10.2. The van der Waals surface area contributed by atoms with Gasteiger partial charge < -0.3 is 9.96 Å². The summed E-state index contributed by atoms with van der Waals surface area (Å²) in [6.07, 6.45) is 30.3. The van der Waals surface area contributed by atoms with E-state index in [0.29, 0.717) is 0 Å². The lowest BCUT2D eigenvalue weighted by molar-refractivity contribution is -0.929. The predicted octanol–water partition coefficient (Wildman–Crippen LogP) is 9.90. The molecule has 0 unspecified atom stereocenters. The van der Waals surface area contributed by atoms with E-state index in [1.165, 1.54) is 165 Å². The molecule has 0 aliphatic rings. The van der Waals surface area contributed by atoms with E-state index in [-0.39, 0.29) is 5.48 Å². The summed E-state index contributed by atoms with van der Waals surface area (Å²) < 4.78 is 1.47. The third kappa shape index (κ3) is 21.5. The van der Waals surface area contributed by atoms with E-state index in [4.69, 9.17) is 0 Å². The van der Waals surface area contributed by atoms with Gasteiger partial charge in [0.05, 0.1) is 26.2 Å². The van der Waals surface area contributed by atoms with Gasteiger partial charge in [0.25, 0.3) is 0 Å². The molecule has 0 aromatic carbocycles. The zero-order valence-corrected chi connectivity index (χ0v) is 22.6. The third-order valence-electron chi connectivity index (χ3n) is 7.19. The summed E-state index contributed by atoms with van der Waals surface area (Å²) in [4.78, 5) is 0. The van der Waals surface area contributed by atoms with E-state index in [1.807, 2.05) is 0 Å². The molecule has 0 atom stereocenters. The van der Waals surface area contributed by atoms with E-state index in [9.17, 15) is 0 Å². The second kappa shape index (κ2) is 26.2. The summed E-state index contributed by atoms with van der Waals surface area (Å²) in [6.45, 7) is 15.2. The summed E-state index contributed by atoms with van der Waals surface area (Å²) in [5, 5.41) is 0. The molecule has 31 heavy (non-hydrogen) atoms. The Hall–Kier alpha value is -0.0800. The van der Waals surface area contributed by atoms with Gasteiger partial charge >= 0.3 is 0 Å². The molecule has 0 heterocycles. The lowest BCUT2D eigenvalue weighted by Gasteiger charge is -2.39. The van der Waals surface area contributed by atoms with Gasteiger partial charge in [0.2, 0.25) is 0 Å². The SMILES string of the molecule is CCCCCCCC[N+](CCCCC)(CCCCCCCC)CCCCCCCC.[OH-]. The topological polar surface area (TPSA) is 30.0 Å². The molecular weight excluding hydrogens is 378 g/mol. The predicted molar refractivity (Wildman–Crippen MR) is 141 cm³/mol. The minimum atomic E-state index is 0. The molecular formula is C29H63NO. The maximum Gasteiger partial charge on any atom is 0.0786 e. The van der Waals surface area contributed by atoms with Gasteiger partial charge in [0, 0.05) is 0 Å². The fraction of sp³-hybridized carbons (Fsp3) is 1.00. The van der Waals surface area contributed by atoms with Gasteiger partial charge in [0.1, 0.15) is 0 Å². The average Bonchev–Trinajstić information content (AvgIpc) is 2.75. The normalized spacial score (nSPS) is 11.6. The number of hydrogen-bond acceptors (Lipinski definition) is 1. The van der Waals surface area contributed by atoms with Crippen molar-refractivity contribution >= 4 is 0 Å². The van der Waals surface area contributed by atoms with Crippen LogP contribution in [-0.2, 0) is 0 Å². The number of unbranched alkanes of at least 4 members (excludes halogenated alkanes) is 17. The Morgan fingerprint density at radius 3 is 0.774 bits per heavy atom. The molecule has 0 aromatic heterocycles. The van der Waals surface area contributed by atoms with Crippen molar-refractivity contribution in [3.8, 4) is 0 Å². The minimum absolute atomic E-state index is 0. The highest BCUT2D eigenvalue weighted by atomic mass is 16.0. The molecule has 0 aliphatic heterocycles. The zero-order chi connectivity index (χ0) is 22.2. The van der Waals surface area contributed by atoms with Crippen LogP contribution in [0.5, 0.6) is 0 Å². The molecule has 0 radical (unpaired) electrons. The highest BCUT2D eigenvalue weighted by Crippen LogP contribution is 2.20. The molecule has 0 saturated carbocycles. The summed E-state index contributed by atoms with van der Waals surface area (Å²) in [7, 11) is 0. The smallest absolute Gasteiger partial charge is 0.0786 e. The van der Waals surface area contributed by atoms with E-state index >= 15 is 0 Å². The van der Waals surface area contributed by atoms with E-state index in [1.54, 1.807) is 0 Å². The molecule has 1 N–H and O–H groups in total. The minimum Gasteiger partial charge on any atom is -0.870 e. The van der Waals surface area contributed by atoms with Crippen LogP contribution in [0.2, 0.25) is 0 Å². The fourth-order valence-electron chi connectivity index (χ4n) is 5.05. The lowest BCUT2D eigenvalue weighted by atomic mass is 10.1. The maximum absolute atomic E-state index is 2.36. The van der Waals surface area contributed by atoms with Gasteiger partial charge in [-0.25, -0.2) is 0 Å².